The zero-order chi connectivity index (χ0) is 17.3. The molecule has 0 amide bonds. The molecule has 8 nitrogen and oxygen atoms in total. The van der Waals surface area contributed by atoms with E-state index in [1.165, 1.54) is 49.6 Å². The monoisotopic (exact) mass is 346 g/mol. The van der Waals surface area contributed by atoms with Crippen LogP contribution >= 0.6 is 0 Å². The van der Waals surface area contributed by atoms with Gasteiger partial charge in [-0.2, -0.15) is 0 Å². The first-order chi connectivity index (χ1) is 11.5. The van der Waals surface area contributed by atoms with Gasteiger partial charge in [0.1, 0.15) is 28.2 Å². The maximum Gasteiger partial charge on any atom is 0.244 e. The van der Waals surface area contributed by atoms with Crippen molar-refractivity contribution in [2.45, 2.75) is 10.1 Å². The number of hydrogen-bond donors (Lipinski definition) is 0. The van der Waals surface area contributed by atoms with E-state index < -0.39 is 9.84 Å². The Morgan fingerprint density at radius 3 is 2.71 bits per heavy atom. The molecule has 1 aromatic carbocycles. The predicted molar refractivity (Wildman–Crippen MR) is 86.7 cm³/mol. The molecule has 2 heterocycles. The van der Waals surface area contributed by atoms with Gasteiger partial charge in [0.2, 0.25) is 15.0 Å². The van der Waals surface area contributed by atoms with Crippen LogP contribution in [0.3, 0.4) is 0 Å². The Morgan fingerprint density at radius 1 is 1.25 bits per heavy atom. The molecule has 0 saturated heterocycles. The maximum atomic E-state index is 13.1. The number of imidazole rings is 1. The molecule has 0 aliphatic rings. The first-order valence-electron chi connectivity index (χ1n) is 6.80. The van der Waals surface area contributed by atoms with Crippen LogP contribution in [0.1, 0.15) is 0 Å². The van der Waals surface area contributed by atoms with Crippen LogP contribution in [0.2, 0.25) is 0 Å². The number of nitrogens with zero attached hydrogens (tertiary/aromatic N) is 4. The Hall–Kier alpha value is -2.94. The molecule has 24 heavy (non-hydrogen) atoms. The lowest BCUT2D eigenvalue weighted by atomic mass is 10.3. The van der Waals surface area contributed by atoms with Crippen molar-refractivity contribution in [2.75, 3.05) is 14.2 Å². The fourth-order valence-electron chi connectivity index (χ4n) is 2.27. The lowest BCUT2D eigenvalue weighted by molar-refractivity contribution is 0.392. The third-order valence-electron chi connectivity index (χ3n) is 3.41. The zero-order valence-corrected chi connectivity index (χ0v) is 13.8. The SMILES string of the molecule is C=Cn1c(S(=O)(=O)c2cc(OC)ccc2OC)nc2cncnc21. The maximum absolute atomic E-state index is 13.1. The van der Waals surface area contributed by atoms with Gasteiger partial charge in [0.05, 0.1) is 20.4 Å². The van der Waals surface area contributed by atoms with Gasteiger partial charge in [-0.3, -0.25) is 4.57 Å². The molecule has 0 atom stereocenters. The van der Waals surface area contributed by atoms with Gasteiger partial charge in [0, 0.05) is 12.3 Å². The number of aromatic nitrogens is 4. The van der Waals surface area contributed by atoms with Crippen LogP contribution < -0.4 is 9.47 Å². The van der Waals surface area contributed by atoms with Crippen molar-refractivity contribution in [2.24, 2.45) is 0 Å². The van der Waals surface area contributed by atoms with Gasteiger partial charge >= 0.3 is 0 Å². The number of methoxy groups -OCH3 is 2. The second-order valence-corrected chi connectivity index (χ2v) is 6.51. The minimum Gasteiger partial charge on any atom is -0.497 e. The molecule has 0 spiro atoms. The lowest BCUT2D eigenvalue weighted by Gasteiger charge is -2.11. The topological polar surface area (TPSA) is 96.2 Å². The summed E-state index contributed by atoms with van der Waals surface area (Å²) in [7, 11) is -1.17. The Labute approximate surface area is 138 Å². The third kappa shape index (κ3) is 2.38. The molecule has 9 heteroatoms. The van der Waals surface area contributed by atoms with Gasteiger partial charge in [-0.25, -0.2) is 23.4 Å². The molecular weight excluding hydrogens is 332 g/mol. The van der Waals surface area contributed by atoms with Crippen molar-refractivity contribution < 1.29 is 17.9 Å². The van der Waals surface area contributed by atoms with E-state index in [4.69, 9.17) is 9.47 Å². The van der Waals surface area contributed by atoms with Crippen molar-refractivity contribution >= 4 is 27.2 Å². The van der Waals surface area contributed by atoms with Gasteiger partial charge in [-0.05, 0) is 12.1 Å². The summed E-state index contributed by atoms with van der Waals surface area (Å²) in [6, 6.07) is 4.51. The molecule has 0 aliphatic heterocycles. The molecule has 0 saturated carbocycles. The van der Waals surface area contributed by atoms with Crippen LogP contribution in [0.15, 0.2) is 47.4 Å². The molecule has 3 aromatic rings. The van der Waals surface area contributed by atoms with Crippen LogP contribution in [-0.4, -0.2) is 42.2 Å². The van der Waals surface area contributed by atoms with E-state index in [9.17, 15) is 8.42 Å². The zero-order valence-electron chi connectivity index (χ0n) is 13.0. The first-order valence-corrected chi connectivity index (χ1v) is 8.29. The van der Waals surface area contributed by atoms with Crippen molar-refractivity contribution in [3.05, 3.63) is 37.3 Å². The Morgan fingerprint density at radius 2 is 2.04 bits per heavy atom. The highest BCUT2D eigenvalue weighted by Crippen LogP contribution is 2.33. The van der Waals surface area contributed by atoms with Crippen LogP contribution in [0.25, 0.3) is 17.4 Å². The van der Waals surface area contributed by atoms with Gasteiger partial charge in [-0.15, -0.1) is 0 Å². The van der Waals surface area contributed by atoms with Crippen molar-refractivity contribution in [3.63, 3.8) is 0 Å². The van der Waals surface area contributed by atoms with Gasteiger partial charge in [0.25, 0.3) is 0 Å². The quantitative estimate of drug-likeness (QED) is 0.694. The first kappa shape index (κ1) is 15.9. The normalized spacial score (nSPS) is 11.4. The molecule has 0 unspecified atom stereocenters. The van der Waals surface area contributed by atoms with Crippen molar-refractivity contribution in [3.8, 4) is 11.5 Å². The fourth-order valence-corrected chi connectivity index (χ4v) is 3.80. The molecule has 0 N–H and O–H groups in total. The third-order valence-corrected chi connectivity index (χ3v) is 5.07. The molecule has 0 fully saturated rings. The van der Waals surface area contributed by atoms with Gasteiger partial charge in [-0.1, -0.05) is 6.58 Å². The molecule has 2 aromatic heterocycles. The van der Waals surface area contributed by atoms with Crippen LogP contribution in [-0.2, 0) is 9.84 Å². The minimum absolute atomic E-state index is 0.0595. The predicted octanol–water partition coefficient (Wildman–Crippen LogP) is 1.78. The fraction of sp³-hybridized carbons (Fsp3) is 0.133. The second-order valence-electron chi connectivity index (χ2n) is 4.70. The summed E-state index contributed by atoms with van der Waals surface area (Å²) in [5.41, 5.74) is 0.693. The van der Waals surface area contributed by atoms with Crippen LogP contribution in [0.5, 0.6) is 11.5 Å². The standard InChI is InChI=1S/C15H14N4O4S/c1-4-19-14-11(8-16-9-17-14)18-15(19)24(20,21)13-7-10(22-2)5-6-12(13)23-3/h4-9H,1H2,2-3H3. The number of hydrogen-bond acceptors (Lipinski definition) is 7. The van der Waals surface area contributed by atoms with Crippen LogP contribution in [0, 0.1) is 0 Å². The highest BCUT2D eigenvalue weighted by atomic mass is 32.2. The van der Waals surface area contributed by atoms with E-state index in [-0.39, 0.29) is 15.8 Å². The van der Waals surface area contributed by atoms with E-state index in [2.05, 4.69) is 21.5 Å². The van der Waals surface area contributed by atoms with E-state index in [0.29, 0.717) is 16.9 Å². The second kappa shape index (κ2) is 5.93. The van der Waals surface area contributed by atoms with Crippen molar-refractivity contribution in [1.82, 2.24) is 19.5 Å². The largest absolute Gasteiger partial charge is 0.497 e. The highest BCUT2D eigenvalue weighted by molar-refractivity contribution is 7.91. The van der Waals surface area contributed by atoms with E-state index >= 15 is 0 Å². The summed E-state index contributed by atoms with van der Waals surface area (Å²) >= 11 is 0. The average molecular weight is 346 g/mol. The molecular formula is C15H14N4O4S. The van der Waals surface area contributed by atoms with Crippen LogP contribution in [0.4, 0.5) is 0 Å². The summed E-state index contributed by atoms with van der Waals surface area (Å²) in [6.07, 6.45) is 4.08. The Balaban J connectivity index is 2.31. The molecule has 0 aliphatic carbocycles. The Bertz CT molecular complexity index is 1030. The minimum atomic E-state index is -4.01. The summed E-state index contributed by atoms with van der Waals surface area (Å²) in [6.45, 7) is 3.64. The number of ether oxygens (including phenoxy) is 2. The number of sulfone groups is 1. The summed E-state index contributed by atoms with van der Waals surface area (Å²) in [5, 5.41) is -0.223. The average Bonchev–Trinajstić information content (AvgIpc) is 3.00. The van der Waals surface area contributed by atoms with Gasteiger partial charge in [0.15, 0.2) is 5.65 Å². The molecule has 0 bridgehead atoms. The molecule has 124 valence electrons. The summed E-state index contributed by atoms with van der Waals surface area (Å²) in [4.78, 5) is 12.0. The molecule has 0 radical (unpaired) electrons. The van der Waals surface area contributed by atoms with E-state index in [1.54, 1.807) is 6.07 Å². The highest BCUT2D eigenvalue weighted by Gasteiger charge is 2.29. The van der Waals surface area contributed by atoms with Gasteiger partial charge < -0.3 is 9.47 Å². The van der Waals surface area contributed by atoms with E-state index in [1.807, 2.05) is 0 Å². The smallest absolute Gasteiger partial charge is 0.244 e. The van der Waals surface area contributed by atoms with Crippen molar-refractivity contribution in [1.29, 1.82) is 0 Å². The lowest BCUT2D eigenvalue weighted by Crippen LogP contribution is -2.10. The Kier molecular flexibility index (Phi) is 3.94. The number of fused-ring (bicyclic) bond motifs is 1. The summed E-state index contributed by atoms with van der Waals surface area (Å²) < 4.78 is 37.8. The summed E-state index contributed by atoms with van der Waals surface area (Å²) in [5.74, 6) is 0.569. The van der Waals surface area contributed by atoms with E-state index in [0.717, 1.165) is 0 Å². The number of benzene rings is 1. The molecule has 3 rings (SSSR count). The number of rotatable bonds is 5.